The van der Waals surface area contributed by atoms with Crippen molar-refractivity contribution < 1.29 is 14.3 Å². The first kappa shape index (κ1) is 28.4. The summed E-state index contributed by atoms with van der Waals surface area (Å²) in [5.74, 6) is 0.638. The molecule has 4 aromatic rings. The third-order valence-corrected chi connectivity index (χ3v) is 8.20. The van der Waals surface area contributed by atoms with Crippen LogP contribution < -0.4 is 10.1 Å². The molecule has 1 aliphatic carbocycles. The molecule has 0 unspecified atom stereocenters. The molecule has 1 fully saturated rings. The highest BCUT2D eigenvalue weighted by Crippen LogP contribution is 2.24. The van der Waals surface area contributed by atoms with E-state index < -0.39 is 6.04 Å². The second-order valence-electron chi connectivity index (χ2n) is 11.1. The van der Waals surface area contributed by atoms with Crippen molar-refractivity contribution in [3.63, 3.8) is 0 Å². The Labute approximate surface area is 243 Å². The van der Waals surface area contributed by atoms with Gasteiger partial charge in [-0.1, -0.05) is 104 Å². The molecule has 4 aromatic carbocycles. The summed E-state index contributed by atoms with van der Waals surface area (Å²) in [4.78, 5) is 29.9. The molecule has 0 bridgehead atoms. The van der Waals surface area contributed by atoms with Crippen LogP contribution in [0.25, 0.3) is 10.8 Å². The Balaban J connectivity index is 1.44. The topological polar surface area (TPSA) is 58.6 Å². The number of ether oxygens (including phenoxy) is 1. The summed E-state index contributed by atoms with van der Waals surface area (Å²) < 4.78 is 5.46. The van der Waals surface area contributed by atoms with Gasteiger partial charge in [0.25, 0.3) is 0 Å². The van der Waals surface area contributed by atoms with Crippen LogP contribution in [0.5, 0.6) is 5.75 Å². The average molecular weight is 549 g/mol. The quantitative estimate of drug-likeness (QED) is 0.223. The van der Waals surface area contributed by atoms with Crippen LogP contribution in [0.1, 0.15) is 55.2 Å². The van der Waals surface area contributed by atoms with Gasteiger partial charge in [-0.05, 0) is 58.9 Å². The van der Waals surface area contributed by atoms with Gasteiger partial charge in [0, 0.05) is 25.4 Å². The van der Waals surface area contributed by atoms with Crippen LogP contribution in [0.15, 0.2) is 97.1 Å². The Hall–Kier alpha value is -4.12. The lowest BCUT2D eigenvalue weighted by molar-refractivity contribution is -0.141. The van der Waals surface area contributed by atoms with Crippen LogP contribution in [0.3, 0.4) is 0 Å². The van der Waals surface area contributed by atoms with Gasteiger partial charge in [0.05, 0.1) is 7.11 Å². The van der Waals surface area contributed by atoms with Crippen molar-refractivity contribution in [2.75, 3.05) is 7.11 Å². The molecule has 5 heteroatoms. The molecule has 5 nitrogen and oxygen atoms in total. The lowest BCUT2D eigenvalue weighted by atomic mass is 9.94. The number of rotatable bonds is 11. The van der Waals surface area contributed by atoms with Crippen molar-refractivity contribution in [2.24, 2.45) is 0 Å². The Morgan fingerprint density at radius 3 is 2.37 bits per heavy atom. The van der Waals surface area contributed by atoms with Gasteiger partial charge in [0.1, 0.15) is 11.8 Å². The zero-order valence-corrected chi connectivity index (χ0v) is 23.9. The van der Waals surface area contributed by atoms with Gasteiger partial charge in [-0.25, -0.2) is 0 Å². The number of aryl methyl sites for hydroxylation is 1. The van der Waals surface area contributed by atoms with Crippen molar-refractivity contribution in [3.8, 4) is 5.75 Å². The number of carbonyl (C=O) groups excluding carboxylic acids is 2. The van der Waals surface area contributed by atoms with Crippen molar-refractivity contribution in [1.29, 1.82) is 0 Å². The van der Waals surface area contributed by atoms with Gasteiger partial charge in [-0.15, -0.1) is 0 Å². The first-order chi connectivity index (χ1) is 20.1. The van der Waals surface area contributed by atoms with Crippen molar-refractivity contribution in [3.05, 3.63) is 114 Å². The molecule has 1 saturated carbocycles. The Bertz CT molecular complexity index is 1440. The van der Waals surface area contributed by atoms with Crippen LogP contribution in [-0.4, -0.2) is 35.9 Å². The average Bonchev–Trinajstić information content (AvgIpc) is 3.02. The molecule has 0 saturated heterocycles. The predicted octanol–water partition coefficient (Wildman–Crippen LogP) is 6.87. The van der Waals surface area contributed by atoms with E-state index in [-0.39, 0.29) is 17.9 Å². The summed E-state index contributed by atoms with van der Waals surface area (Å²) >= 11 is 0. The van der Waals surface area contributed by atoms with E-state index in [9.17, 15) is 9.59 Å². The minimum Gasteiger partial charge on any atom is -0.497 e. The van der Waals surface area contributed by atoms with E-state index in [1.807, 2.05) is 72.8 Å². The minimum atomic E-state index is -0.620. The molecule has 1 atom stereocenters. The monoisotopic (exact) mass is 548 g/mol. The van der Waals surface area contributed by atoms with Crippen LogP contribution in [-0.2, 0) is 29.0 Å². The molecule has 0 heterocycles. The number of benzene rings is 4. The molecule has 5 rings (SSSR count). The van der Waals surface area contributed by atoms with E-state index in [1.165, 1.54) is 11.8 Å². The molecule has 1 N–H and O–H groups in total. The van der Waals surface area contributed by atoms with Crippen LogP contribution in [0.2, 0.25) is 0 Å². The number of fused-ring (bicyclic) bond motifs is 1. The highest BCUT2D eigenvalue weighted by molar-refractivity contribution is 5.89. The van der Waals surface area contributed by atoms with Crippen LogP contribution in [0, 0.1) is 0 Å². The van der Waals surface area contributed by atoms with Crippen LogP contribution in [0.4, 0.5) is 0 Å². The zero-order valence-electron chi connectivity index (χ0n) is 23.9. The highest BCUT2D eigenvalue weighted by Gasteiger charge is 2.32. The smallest absolute Gasteiger partial charge is 0.243 e. The number of nitrogens with one attached hydrogen (secondary N) is 1. The predicted molar refractivity (Wildman–Crippen MR) is 165 cm³/mol. The first-order valence-corrected chi connectivity index (χ1v) is 14.8. The van der Waals surface area contributed by atoms with Gasteiger partial charge >= 0.3 is 0 Å². The molecule has 0 radical (unpaired) electrons. The normalized spacial score (nSPS) is 14.4. The highest BCUT2D eigenvalue weighted by atomic mass is 16.5. The number of methoxy groups -OCH3 is 1. The fourth-order valence-electron chi connectivity index (χ4n) is 5.96. The Kier molecular flexibility index (Phi) is 9.69. The lowest BCUT2D eigenvalue weighted by Gasteiger charge is -2.33. The third-order valence-electron chi connectivity index (χ3n) is 8.20. The van der Waals surface area contributed by atoms with Crippen molar-refractivity contribution in [1.82, 2.24) is 10.2 Å². The largest absolute Gasteiger partial charge is 0.497 e. The molecule has 0 aromatic heterocycles. The van der Waals surface area contributed by atoms with E-state index in [2.05, 4.69) is 29.6 Å². The zero-order chi connectivity index (χ0) is 28.4. The number of amides is 2. The number of nitrogens with zero attached hydrogens (tertiary/aromatic N) is 1. The van der Waals surface area contributed by atoms with E-state index in [0.29, 0.717) is 25.8 Å². The molecule has 1 aliphatic rings. The van der Waals surface area contributed by atoms with E-state index in [1.54, 1.807) is 12.0 Å². The van der Waals surface area contributed by atoms with Crippen molar-refractivity contribution >= 4 is 22.6 Å². The van der Waals surface area contributed by atoms with E-state index in [4.69, 9.17) is 4.74 Å². The first-order valence-electron chi connectivity index (χ1n) is 14.8. The van der Waals surface area contributed by atoms with Gasteiger partial charge in [-0.2, -0.15) is 0 Å². The fourth-order valence-corrected chi connectivity index (χ4v) is 5.96. The van der Waals surface area contributed by atoms with Gasteiger partial charge in [-0.3, -0.25) is 9.59 Å². The lowest BCUT2D eigenvalue weighted by Crippen LogP contribution is -2.52. The second kappa shape index (κ2) is 14.0. The van der Waals surface area contributed by atoms with Crippen LogP contribution >= 0.6 is 0 Å². The minimum absolute atomic E-state index is 0.0273. The van der Waals surface area contributed by atoms with Gasteiger partial charge in [0.15, 0.2) is 0 Å². The van der Waals surface area contributed by atoms with Crippen molar-refractivity contribution in [2.45, 2.75) is 70.0 Å². The second-order valence-corrected chi connectivity index (χ2v) is 11.1. The maximum absolute atomic E-state index is 14.2. The number of carbonyl (C=O) groups is 2. The Morgan fingerprint density at radius 2 is 1.56 bits per heavy atom. The van der Waals surface area contributed by atoms with Gasteiger partial charge in [0.2, 0.25) is 11.8 Å². The summed E-state index contributed by atoms with van der Waals surface area (Å²) in [7, 11) is 1.64. The standard InChI is InChI=1S/C36H40N2O3/c1-41-32-20-10-14-28(24-32)26-38(35(39)23-22-30-17-11-16-29-15-8-9-21-33(29)30)34(25-27-12-4-2-5-13-27)36(40)37-31-18-6-3-7-19-31/h2,4-5,8-17,20-21,24,31,34H,3,6-7,18-19,22-23,25-26H2,1H3,(H,37,40)/t34-/m0/s1. The molecule has 0 aliphatic heterocycles. The molecule has 2 amide bonds. The van der Waals surface area contributed by atoms with Gasteiger partial charge < -0.3 is 15.0 Å². The fraction of sp³-hybridized carbons (Fsp3) is 0.333. The molecular formula is C36H40N2O3. The summed E-state index contributed by atoms with van der Waals surface area (Å²) in [6, 6.07) is 31.8. The summed E-state index contributed by atoms with van der Waals surface area (Å²) in [5.41, 5.74) is 3.12. The maximum Gasteiger partial charge on any atom is 0.243 e. The van der Waals surface area contributed by atoms with E-state index in [0.717, 1.165) is 53.5 Å². The molecule has 212 valence electrons. The number of hydrogen-bond acceptors (Lipinski definition) is 3. The molecular weight excluding hydrogens is 508 g/mol. The maximum atomic E-state index is 14.2. The molecule has 0 spiro atoms. The third kappa shape index (κ3) is 7.55. The molecule has 41 heavy (non-hydrogen) atoms. The SMILES string of the molecule is COc1cccc(CN(C(=O)CCc2cccc3ccccc23)[C@@H](Cc2ccccc2)C(=O)NC2CCCCC2)c1. The Morgan fingerprint density at radius 1 is 0.854 bits per heavy atom. The van der Waals surface area contributed by atoms with E-state index >= 15 is 0 Å². The number of hydrogen-bond donors (Lipinski definition) is 1. The summed E-state index contributed by atoms with van der Waals surface area (Å²) in [5, 5.41) is 5.65. The summed E-state index contributed by atoms with van der Waals surface area (Å²) in [6.45, 7) is 0.334. The summed E-state index contributed by atoms with van der Waals surface area (Å²) in [6.07, 6.45) is 6.86.